The Morgan fingerprint density at radius 1 is 1.16 bits per heavy atom. The molecule has 1 fully saturated rings. The molecule has 0 aliphatic carbocycles. The van der Waals surface area contributed by atoms with Gasteiger partial charge in [-0.2, -0.15) is 0 Å². The first-order chi connectivity index (χ1) is 15.0. The number of aromatic nitrogens is 2. The van der Waals surface area contributed by atoms with Crippen molar-refractivity contribution in [1.29, 1.82) is 0 Å². The van der Waals surface area contributed by atoms with Gasteiger partial charge in [0.25, 0.3) is 0 Å². The van der Waals surface area contributed by atoms with Crippen LogP contribution in [0.25, 0.3) is 22.0 Å². The summed E-state index contributed by atoms with van der Waals surface area (Å²) in [5, 5.41) is 15.3. The monoisotopic (exact) mass is 437 g/mol. The molecule has 0 saturated carbocycles. The van der Waals surface area contributed by atoms with Crippen molar-refractivity contribution in [1.82, 2.24) is 10.1 Å². The molecule has 2 N–H and O–H groups in total. The summed E-state index contributed by atoms with van der Waals surface area (Å²) in [5.41, 5.74) is 3.67. The van der Waals surface area contributed by atoms with Gasteiger partial charge in [-0.3, -0.25) is 4.79 Å². The smallest absolute Gasteiger partial charge is 0.220 e. The standard InChI is InChI=1S/C23H20ClN3O4/c1-13-10-20(26-31-13)22(28)21-17-11-16(18(24)12-19(17)25-23(21)29)14-2-4-15(5-3-14)27-6-8-30-9-7-27/h2-5,10-12,25,29H,6-9H2,1H3. The summed E-state index contributed by atoms with van der Waals surface area (Å²) in [7, 11) is 0. The van der Waals surface area contributed by atoms with E-state index in [1.54, 1.807) is 19.1 Å². The molecule has 8 heteroatoms. The second-order valence-corrected chi connectivity index (χ2v) is 7.93. The maximum Gasteiger partial charge on any atom is 0.220 e. The number of halogens is 1. The number of nitrogens with zero attached hydrogens (tertiary/aromatic N) is 2. The Kier molecular flexibility index (Phi) is 4.92. The third-order valence-corrected chi connectivity index (χ3v) is 5.82. The van der Waals surface area contributed by atoms with Gasteiger partial charge in [0, 0.05) is 35.8 Å². The van der Waals surface area contributed by atoms with Crippen LogP contribution in [0, 0.1) is 6.92 Å². The van der Waals surface area contributed by atoms with Gasteiger partial charge in [0.05, 0.1) is 29.3 Å². The van der Waals surface area contributed by atoms with Crippen LogP contribution in [0.15, 0.2) is 47.0 Å². The maximum absolute atomic E-state index is 13.0. The molecule has 0 amide bonds. The van der Waals surface area contributed by atoms with Crippen LogP contribution in [0.5, 0.6) is 5.88 Å². The van der Waals surface area contributed by atoms with Crippen LogP contribution < -0.4 is 4.90 Å². The minimum atomic E-state index is -0.420. The van der Waals surface area contributed by atoms with E-state index in [2.05, 4.69) is 27.2 Å². The summed E-state index contributed by atoms with van der Waals surface area (Å²) in [6.07, 6.45) is 0. The molecule has 0 radical (unpaired) electrons. The number of aromatic hydroxyl groups is 1. The molecule has 7 nitrogen and oxygen atoms in total. The lowest BCUT2D eigenvalue weighted by molar-refractivity contribution is 0.102. The zero-order valence-electron chi connectivity index (χ0n) is 16.8. The average molecular weight is 438 g/mol. The van der Waals surface area contributed by atoms with Crippen LogP contribution in [0.1, 0.15) is 21.8 Å². The van der Waals surface area contributed by atoms with Crippen molar-refractivity contribution >= 4 is 34.0 Å². The van der Waals surface area contributed by atoms with Gasteiger partial charge in [0.15, 0.2) is 5.69 Å². The van der Waals surface area contributed by atoms with Crippen molar-refractivity contribution in [2.75, 3.05) is 31.2 Å². The van der Waals surface area contributed by atoms with Crippen LogP contribution in [0.3, 0.4) is 0 Å². The predicted molar refractivity (Wildman–Crippen MR) is 118 cm³/mol. The Morgan fingerprint density at radius 2 is 1.90 bits per heavy atom. The number of aryl methyl sites for hydroxylation is 1. The molecule has 3 heterocycles. The van der Waals surface area contributed by atoms with Gasteiger partial charge in [0.2, 0.25) is 11.7 Å². The number of benzene rings is 2. The summed E-state index contributed by atoms with van der Waals surface area (Å²) in [6.45, 7) is 4.88. The Bertz CT molecular complexity index is 1270. The Hall–Kier alpha value is -3.29. The molecule has 2 aromatic heterocycles. The van der Waals surface area contributed by atoms with Crippen LogP contribution >= 0.6 is 11.6 Å². The fourth-order valence-electron chi connectivity index (χ4n) is 3.93. The number of carbonyl (C=O) groups excluding carboxylic acids is 1. The van der Waals surface area contributed by atoms with Gasteiger partial charge in [-0.05, 0) is 36.8 Å². The summed E-state index contributed by atoms with van der Waals surface area (Å²) < 4.78 is 10.4. The normalized spacial score (nSPS) is 14.3. The van der Waals surface area contributed by atoms with E-state index in [0.717, 1.165) is 43.1 Å². The molecule has 0 atom stereocenters. The molecular formula is C23H20ClN3O4. The number of ether oxygens (including phenoxy) is 1. The minimum absolute atomic E-state index is 0.139. The second-order valence-electron chi connectivity index (χ2n) is 7.52. The Morgan fingerprint density at radius 3 is 2.58 bits per heavy atom. The van der Waals surface area contributed by atoms with Crippen molar-refractivity contribution in [3.05, 3.63) is 64.5 Å². The SMILES string of the molecule is Cc1cc(C(=O)c2c(O)[nH]c3cc(Cl)c(-c4ccc(N5CCOCC5)cc4)cc23)no1. The minimum Gasteiger partial charge on any atom is -0.494 e. The van der Waals surface area contributed by atoms with Gasteiger partial charge in [-0.25, -0.2) is 0 Å². The Balaban J connectivity index is 1.55. The summed E-state index contributed by atoms with van der Waals surface area (Å²) >= 11 is 6.55. The molecule has 158 valence electrons. The van der Waals surface area contributed by atoms with Crippen LogP contribution in [0.2, 0.25) is 5.02 Å². The van der Waals surface area contributed by atoms with E-state index in [9.17, 15) is 9.90 Å². The van der Waals surface area contributed by atoms with Crippen molar-refractivity contribution in [3.63, 3.8) is 0 Å². The number of hydrogen-bond donors (Lipinski definition) is 2. The van der Waals surface area contributed by atoms with E-state index in [4.69, 9.17) is 20.9 Å². The van der Waals surface area contributed by atoms with E-state index in [-0.39, 0.29) is 17.1 Å². The topological polar surface area (TPSA) is 91.6 Å². The van der Waals surface area contributed by atoms with Crippen molar-refractivity contribution in [2.45, 2.75) is 6.92 Å². The highest BCUT2D eigenvalue weighted by molar-refractivity contribution is 6.34. The third-order valence-electron chi connectivity index (χ3n) is 5.51. The summed E-state index contributed by atoms with van der Waals surface area (Å²) in [6, 6.07) is 13.2. The summed E-state index contributed by atoms with van der Waals surface area (Å²) in [4.78, 5) is 18.1. The van der Waals surface area contributed by atoms with Crippen molar-refractivity contribution < 1.29 is 19.2 Å². The quantitative estimate of drug-likeness (QED) is 0.455. The molecule has 0 unspecified atom stereocenters. The number of morpholine rings is 1. The van der Waals surface area contributed by atoms with Crippen LogP contribution in [0.4, 0.5) is 5.69 Å². The second kappa shape index (κ2) is 7.76. The Labute approximate surface area is 183 Å². The number of anilines is 1. The number of aromatic amines is 1. The van der Waals surface area contributed by atoms with Crippen LogP contribution in [-0.4, -0.2) is 47.3 Å². The number of H-pyrrole nitrogens is 1. The highest BCUT2D eigenvalue weighted by Gasteiger charge is 2.24. The molecule has 31 heavy (non-hydrogen) atoms. The molecule has 1 aliphatic rings. The van der Waals surface area contributed by atoms with Gasteiger partial charge >= 0.3 is 0 Å². The lowest BCUT2D eigenvalue weighted by Gasteiger charge is -2.29. The van der Waals surface area contributed by atoms with Crippen LogP contribution in [-0.2, 0) is 4.74 Å². The average Bonchev–Trinajstić information content (AvgIpc) is 3.35. The fourth-order valence-corrected chi connectivity index (χ4v) is 4.20. The lowest BCUT2D eigenvalue weighted by Crippen LogP contribution is -2.36. The summed E-state index contributed by atoms with van der Waals surface area (Å²) in [5.74, 6) is -0.125. The highest BCUT2D eigenvalue weighted by atomic mass is 35.5. The van der Waals surface area contributed by atoms with E-state index in [1.165, 1.54) is 0 Å². The number of carbonyl (C=O) groups is 1. The molecule has 4 aromatic rings. The number of ketones is 1. The van der Waals surface area contributed by atoms with Gasteiger partial charge in [-0.15, -0.1) is 0 Å². The van der Waals surface area contributed by atoms with Crippen molar-refractivity contribution in [2.24, 2.45) is 0 Å². The number of fused-ring (bicyclic) bond motifs is 1. The number of nitrogens with one attached hydrogen (secondary N) is 1. The molecule has 1 aliphatic heterocycles. The van der Waals surface area contributed by atoms with Gasteiger partial charge in [-0.1, -0.05) is 28.9 Å². The van der Waals surface area contributed by atoms with E-state index >= 15 is 0 Å². The van der Waals surface area contributed by atoms with Gasteiger partial charge < -0.3 is 24.3 Å². The molecule has 1 saturated heterocycles. The molecule has 2 aromatic carbocycles. The maximum atomic E-state index is 13.0. The first-order valence-corrected chi connectivity index (χ1v) is 10.3. The van der Waals surface area contributed by atoms with E-state index in [0.29, 0.717) is 21.7 Å². The third kappa shape index (κ3) is 3.56. The largest absolute Gasteiger partial charge is 0.494 e. The van der Waals surface area contributed by atoms with E-state index in [1.807, 2.05) is 18.2 Å². The van der Waals surface area contributed by atoms with E-state index < -0.39 is 5.78 Å². The molecule has 0 bridgehead atoms. The lowest BCUT2D eigenvalue weighted by atomic mass is 10.00. The highest BCUT2D eigenvalue weighted by Crippen LogP contribution is 2.37. The number of hydrogen-bond acceptors (Lipinski definition) is 6. The molecule has 5 rings (SSSR count). The number of rotatable bonds is 4. The van der Waals surface area contributed by atoms with Gasteiger partial charge in [0.1, 0.15) is 5.76 Å². The molecular weight excluding hydrogens is 418 g/mol. The molecule has 0 spiro atoms. The first kappa shape index (κ1) is 19.7. The predicted octanol–water partition coefficient (Wildman–Crippen LogP) is 4.56. The fraction of sp³-hybridized carbons (Fsp3) is 0.217. The zero-order chi connectivity index (χ0) is 21.5. The first-order valence-electron chi connectivity index (χ1n) is 9.96. The van der Waals surface area contributed by atoms with Crippen molar-refractivity contribution in [3.8, 4) is 17.0 Å². The zero-order valence-corrected chi connectivity index (χ0v) is 17.6.